The number of hydrogen-bond acceptors (Lipinski definition) is 1. The molecule has 0 atom stereocenters. The van der Waals surface area contributed by atoms with Crippen LogP contribution >= 0.6 is 0 Å². The Kier molecular flexibility index (Phi) is 7.94. The first kappa shape index (κ1) is 16.7. The van der Waals surface area contributed by atoms with Gasteiger partial charge in [0.05, 0.1) is 0 Å². The maximum absolute atomic E-state index is 12.3. The molecule has 0 unspecified atom stereocenters. The average Bonchev–Trinajstić information content (AvgIpc) is 2.45. The van der Waals surface area contributed by atoms with Gasteiger partial charge < -0.3 is 0 Å². The monoisotopic (exact) mass is 272 g/mol. The van der Waals surface area contributed by atoms with E-state index in [1.165, 1.54) is 12.0 Å². The predicted octanol–water partition coefficient (Wildman–Crippen LogP) is 5.72. The number of rotatable bonds is 9. The molecule has 0 aliphatic carbocycles. The minimum absolute atomic E-state index is 0.340. The molecular formula is C19H28O. The number of allylic oxidation sites excluding steroid dienone is 1. The van der Waals surface area contributed by atoms with Crippen LogP contribution in [0.4, 0.5) is 0 Å². The standard InChI is InChI=1S/C19H28O/c1-4-6-8-10-19(20)18(9-7-5-2)15-17-13-11-16(3)12-14-17/h11-15H,4-10H2,1-3H3/b18-15+. The number of unbranched alkanes of at least 4 members (excludes halogenated alkanes) is 3. The molecule has 1 rings (SSSR count). The van der Waals surface area contributed by atoms with E-state index in [-0.39, 0.29) is 0 Å². The van der Waals surface area contributed by atoms with Crippen LogP contribution < -0.4 is 0 Å². The molecule has 1 nitrogen and oxygen atoms in total. The first-order valence-corrected chi connectivity index (χ1v) is 7.97. The summed E-state index contributed by atoms with van der Waals surface area (Å²) in [6, 6.07) is 8.40. The minimum Gasteiger partial charge on any atom is -0.295 e. The number of ketones is 1. The van der Waals surface area contributed by atoms with Crippen LogP contribution in [0, 0.1) is 6.92 Å². The summed E-state index contributed by atoms with van der Waals surface area (Å²) < 4.78 is 0. The molecule has 0 aromatic heterocycles. The maximum atomic E-state index is 12.3. The molecule has 0 amide bonds. The highest BCUT2D eigenvalue weighted by atomic mass is 16.1. The molecule has 0 aliphatic heterocycles. The lowest BCUT2D eigenvalue weighted by Gasteiger charge is -2.07. The summed E-state index contributed by atoms with van der Waals surface area (Å²) in [5.74, 6) is 0.340. The van der Waals surface area contributed by atoms with Crippen LogP contribution in [0.5, 0.6) is 0 Å². The molecule has 0 saturated carbocycles. The van der Waals surface area contributed by atoms with Crippen molar-refractivity contribution >= 4 is 11.9 Å². The van der Waals surface area contributed by atoms with E-state index in [9.17, 15) is 4.79 Å². The van der Waals surface area contributed by atoms with Crippen LogP contribution in [0.1, 0.15) is 69.9 Å². The van der Waals surface area contributed by atoms with Gasteiger partial charge in [0.15, 0.2) is 5.78 Å². The molecule has 20 heavy (non-hydrogen) atoms. The van der Waals surface area contributed by atoms with E-state index in [2.05, 4.69) is 51.1 Å². The van der Waals surface area contributed by atoms with E-state index in [4.69, 9.17) is 0 Å². The number of aryl methyl sites for hydroxylation is 1. The lowest BCUT2D eigenvalue weighted by atomic mass is 9.97. The molecule has 0 fully saturated rings. The predicted molar refractivity (Wildman–Crippen MR) is 87.8 cm³/mol. The summed E-state index contributed by atoms with van der Waals surface area (Å²) >= 11 is 0. The van der Waals surface area contributed by atoms with Crippen LogP contribution in [0.15, 0.2) is 29.8 Å². The maximum Gasteiger partial charge on any atom is 0.158 e. The lowest BCUT2D eigenvalue weighted by molar-refractivity contribution is -0.115. The summed E-state index contributed by atoms with van der Waals surface area (Å²) in [6.45, 7) is 6.43. The number of Topliss-reactive ketones (excluding diaryl/α,β-unsaturated/α-hetero) is 1. The van der Waals surface area contributed by atoms with Crippen LogP contribution in [-0.4, -0.2) is 5.78 Å². The van der Waals surface area contributed by atoms with E-state index in [1.54, 1.807) is 0 Å². The van der Waals surface area contributed by atoms with Gasteiger partial charge in [0.1, 0.15) is 0 Å². The summed E-state index contributed by atoms with van der Waals surface area (Å²) in [6.07, 6.45) is 9.27. The second-order valence-corrected chi connectivity index (χ2v) is 5.56. The highest BCUT2D eigenvalue weighted by Crippen LogP contribution is 2.17. The van der Waals surface area contributed by atoms with Crippen LogP contribution in [0.3, 0.4) is 0 Å². The van der Waals surface area contributed by atoms with Crippen molar-refractivity contribution in [2.75, 3.05) is 0 Å². The highest BCUT2D eigenvalue weighted by Gasteiger charge is 2.09. The van der Waals surface area contributed by atoms with Gasteiger partial charge in [-0.2, -0.15) is 0 Å². The Balaban J connectivity index is 2.76. The number of carbonyl (C=O) groups excluding carboxylic acids is 1. The zero-order valence-electron chi connectivity index (χ0n) is 13.2. The Hall–Kier alpha value is -1.37. The normalized spacial score (nSPS) is 11.7. The molecule has 110 valence electrons. The van der Waals surface area contributed by atoms with Crippen molar-refractivity contribution in [3.8, 4) is 0 Å². The van der Waals surface area contributed by atoms with Crippen LogP contribution in [0.25, 0.3) is 6.08 Å². The third-order valence-corrected chi connectivity index (χ3v) is 3.58. The SMILES string of the molecule is CCCCCC(=O)/C(=C/c1ccc(C)cc1)CCCC. The van der Waals surface area contributed by atoms with Crippen molar-refractivity contribution in [1.82, 2.24) is 0 Å². The first-order chi connectivity index (χ1) is 9.67. The van der Waals surface area contributed by atoms with E-state index in [0.717, 1.165) is 43.2 Å². The van der Waals surface area contributed by atoms with Crippen molar-refractivity contribution in [1.29, 1.82) is 0 Å². The van der Waals surface area contributed by atoms with Gasteiger partial charge in [-0.15, -0.1) is 0 Å². The van der Waals surface area contributed by atoms with Gasteiger partial charge >= 0.3 is 0 Å². The molecule has 0 spiro atoms. The van der Waals surface area contributed by atoms with Crippen molar-refractivity contribution in [3.05, 3.63) is 41.0 Å². The van der Waals surface area contributed by atoms with Crippen molar-refractivity contribution in [3.63, 3.8) is 0 Å². The fraction of sp³-hybridized carbons (Fsp3) is 0.526. The van der Waals surface area contributed by atoms with Gasteiger partial charge in [-0.3, -0.25) is 4.79 Å². The second kappa shape index (κ2) is 9.52. The molecule has 1 aromatic carbocycles. The Morgan fingerprint density at radius 2 is 1.60 bits per heavy atom. The van der Waals surface area contributed by atoms with Crippen LogP contribution in [-0.2, 0) is 4.79 Å². The van der Waals surface area contributed by atoms with Crippen molar-refractivity contribution < 1.29 is 4.79 Å². The minimum atomic E-state index is 0.340. The third kappa shape index (κ3) is 6.18. The largest absolute Gasteiger partial charge is 0.295 e. The molecule has 0 radical (unpaired) electrons. The molecular weight excluding hydrogens is 244 g/mol. The Morgan fingerprint density at radius 1 is 0.950 bits per heavy atom. The quantitative estimate of drug-likeness (QED) is 0.415. The van der Waals surface area contributed by atoms with Crippen LogP contribution in [0.2, 0.25) is 0 Å². The van der Waals surface area contributed by atoms with Gasteiger partial charge in [0.2, 0.25) is 0 Å². The molecule has 0 N–H and O–H groups in total. The summed E-state index contributed by atoms with van der Waals surface area (Å²) in [7, 11) is 0. The van der Waals surface area contributed by atoms with Gasteiger partial charge in [-0.1, -0.05) is 62.9 Å². The van der Waals surface area contributed by atoms with Gasteiger partial charge in [-0.25, -0.2) is 0 Å². The number of hydrogen-bond donors (Lipinski definition) is 0. The molecule has 0 bridgehead atoms. The van der Waals surface area contributed by atoms with Gasteiger partial charge in [0, 0.05) is 6.42 Å². The second-order valence-electron chi connectivity index (χ2n) is 5.56. The first-order valence-electron chi connectivity index (χ1n) is 7.97. The topological polar surface area (TPSA) is 17.1 Å². The lowest BCUT2D eigenvalue weighted by Crippen LogP contribution is -2.03. The van der Waals surface area contributed by atoms with E-state index >= 15 is 0 Å². The zero-order valence-corrected chi connectivity index (χ0v) is 13.2. The van der Waals surface area contributed by atoms with E-state index < -0.39 is 0 Å². The summed E-state index contributed by atoms with van der Waals surface area (Å²) in [5, 5.41) is 0. The zero-order chi connectivity index (χ0) is 14.8. The highest BCUT2D eigenvalue weighted by molar-refractivity contribution is 5.99. The van der Waals surface area contributed by atoms with E-state index in [0.29, 0.717) is 12.2 Å². The average molecular weight is 272 g/mol. The summed E-state index contributed by atoms with van der Waals surface area (Å²) in [5.41, 5.74) is 3.41. The van der Waals surface area contributed by atoms with Crippen molar-refractivity contribution in [2.24, 2.45) is 0 Å². The summed E-state index contributed by atoms with van der Waals surface area (Å²) in [4.78, 5) is 12.3. The molecule has 0 saturated heterocycles. The fourth-order valence-electron chi connectivity index (χ4n) is 2.22. The number of carbonyl (C=O) groups is 1. The molecule has 0 aliphatic rings. The van der Waals surface area contributed by atoms with E-state index in [1.807, 2.05) is 0 Å². The Labute approximate surface area is 124 Å². The number of benzene rings is 1. The van der Waals surface area contributed by atoms with Crippen molar-refractivity contribution in [2.45, 2.75) is 65.7 Å². The van der Waals surface area contributed by atoms with Gasteiger partial charge in [0.25, 0.3) is 0 Å². The Bertz CT molecular complexity index is 426. The third-order valence-electron chi connectivity index (χ3n) is 3.58. The molecule has 0 heterocycles. The Morgan fingerprint density at radius 3 is 2.20 bits per heavy atom. The molecule has 1 heteroatoms. The van der Waals surface area contributed by atoms with Gasteiger partial charge in [-0.05, 0) is 43.4 Å². The fourth-order valence-corrected chi connectivity index (χ4v) is 2.22. The smallest absolute Gasteiger partial charge is 0.158 e. The molecule has 1 aromatic rings.